The van der Waals surface area contributed by atoms with Gasteiger partial charge in [-0.3, -0.25) is 0 Å². The van der Waals surface area contributed by atoms with E-state index in [2.05, 4.69) is 50.1 Å². The number of aryl methyl sites for hydroxylation is 2. The zero-order chi connectivity index (χ0) is 13.1. The van der Waals surface area contributed by atoms with Crippen LogP contribution in [-0.2, 0) is 6.42 Å². The third kappa shape index (κ3) is 2.63. The van der Waals surface area contributed by atoms with Crippen molar-refractivity contribution in [2.45, 2.75) is 46.5 Å². The van der Waals surface area contributed by atoms with Crippen molar-refractivity contribution in [2.24, 2.45) is 0 Å². The summed E-state index contributed by atoms with van der Waals surface area (Å²) in [6.45, 7) is 8.71. The fourth-order valence-corrected chi connectivity index (χ4v) is 2.27. The highest BCUT2D eigenvalue weighted by molar-refractivity contribution is 5.45. The molecule has 0 aliphatic rings. The first-order chi connectivity index (χ1) is 8.61. The Morgan fingerprint density at radius 3 is 2.56 bits per heavy atom. The number of aromatic nitrogens is 2. The second-order valence-corrected chi connectivity index (χ2v) is 5.20. The minimum Gasteiger partial charge on any atom is -0.240 e. The summed E-state index contributed by atoms with van der Waals surface area (Å²) >= 11 is 0. The van der Waals surface area contributed by atoms with E-state index in [1.807, 2.05) is 17.8 Å². The van der Waals surface area contributed by atoms with Gasteiger partial charge in [0.25, 0.3) is 0 Å². The Bertz CT molecular complexity index is 524. The van der Waals surface area contributed by atoms with Crippen LogP contribution in [0.5, 0.6) is 0 Å². The lowest BCUT2D eigenvalue weighted by atomic mass is 9.98. The lowest BCUT2D eigenvalue weighted by Crippen LogP contribution is -2.03. The third-order valence-electron chi connectivity index (χ3n) is 3.22. The summed E-state index contributed by atoms with van der Waals surface area (Å²) in [5.74, 6) is 0.514. The molecule has 0 spiro atoms. The molecule has 2 nitrogen and oxygen atoms in total. The Morgan fingerprint density at radius 1 is 1.22 bits per heavy atom. The zero-order valence-electron chi connectivity index (χ0n) is 11.8. The Hall–Kier alpha value is -1.57. The van der Waals surface area contributed by atoms with Crippen LogP contribution < -0.4 is 0 Å². The summed E-state index contributed by atoms with van der Waals surface area (Å²) in [6.07, 6.45) is 4.36. The molecule has 96 valence electrons. The minimum atomic E-state index is 0.514. The Morgan fingerprint density at radius 2 is 2.00 bits per heavy atom. The first-order valence-corrected chi connectivity index (χ1v) is 6.77. The molecule has 2 aromatic rings. The normalized spacial score (nSPS) is 11.2. The second kappa shape index (κ2) is 5.38. The molecule has 0 aliphatic carbocycles. The maximum absolute atomic E-state index is 4.54. The summed E-state index contributed by atoms with van der Waals surface area (Å²) in [4.78, 5) is 0. The topological polar surface area (TPSA) is 17.8 Å². The van der Waals surface area contributed by atoms with Crippen molar-refractivity contribution in [3.05, 3.63) is 47.3 Å². The molecule has 0 bridgehead atoms. The largest absolute Gasteiger partial charge is 0.240 e. The van der Waals surface area contributed by atoms with Gasteiger partial charge in [0.1, 0.15) is 0 Å². The molecule has 0 N–H and O–H groups in total. The van der Waals surface area contributed by atoms with Crippen LogP contribution in [0, 0.1) is 6.92 Å². The molecule has 0 fully saturated rings. The van der Waals surface area contributed by atoms with Crippen LogP contribution in [0.1, 0.15) is 49.9 Å². The lowest BCUT2D eigenvalue weighted by molar-refractivity contribution is 0.797. The molecule has 18 heavy (non-hydrogen) atoms. The fraction of sp³-hybridized carbons (Fsp3) is 0.438. The number of rotatable bonds is 4. The number of nitrogens with zero attached hydrogens (tertiary/aromatic N) is 2. The smallest absolute Gasteiger partial charge is 0.0682 e. The minimum absolute atomic E-state index is 0.514. The van der Waals surface area contributed by atoms with Crippen LogP contribution in [0.25, 0.3) is 5.69 Å². The molecular formula is C16H22N2. The lowest BCUT2D eigenvalue weighted by Gasteiger charge is -2.14. The summed E-state index contributed by atoms with van der Waals surface area (Å²) in [5.41, 5.74) is 5.04. The van der Waals surface area contributed by atoms with Crippen molar-refractivity contribution in [3.8, 4) is 5.69 Å². The number of benzene rings is 1. The Kier molecular flexibility index (Phi) is 3.85. The van der Waals surface area contributed by atoms with Gasteiger partial charge in [-0.05, 0) is 42.5 Å². The van der Waals surface area contributed by atoms with Gasteiger partial charge in [0.05, 0.1) is 11.4 Å². The van der Waals surface area contributed by atoms with Crippen LogP contribution in [0.4, 0.5) is 0 Å². The molecule has 0 aliphatic heterocycles. The monoisotopic (exact) mass is 242 g/mol. The summed E-state index contributed by atoms with van der Waals surface area (Å²) in [6, 6.07) is 8.84. The maximum Gasteiger partial charge on any atom is 0.0682 e. The predicted octanol–water partition coefficient (Wildman–Crippen LogP) is 4.26. The first kappa shape index (κ1) is 12.9. The molecular weight excluding hydrogens is 220 g/mol. The van der Waals surface area contributed by atoms with Gasteiger partial charge in [-0.1, -0.05) is 39.3 Å². The van der Waals surface area contributed by atoms with Crippen molar-refractivity contribution in [1.29, 1.82) is 0 Å². The van der Waals surface area contributed by atoms with E-state index in [1.165, 1.54) is 23.2 Å². The van der Waals surface area contributed by atoms with E-state index >= 15 is 0 Å². The molecule has 1 aromatic carbocycles. The Labute approximate surface area is 110 Å². The molecule has 0 amide bonds. The highest BCUT2D eigenvalue weighted by atomic mass is 15.3. The van der Waals surface area contributed by atoms with E-state index in [0.717, 1.165) is 12.1 Å². The van der Waals surface area contributed by atoms with Gasteiger partial charge in [0.15, 0.2) is 0 Å². The van der Waals surface area contributed by atoms with E-state index in [1.54, 1.807) is 0 Å². The van der Waals surface area contributed by atoms with Crippen LogP contribution in [-0.4, -0.2) is 9.78 Å². The molecule has 0 saturated carbocycles. The summed E-state index contributed by atoms with van der Waals surface area (Å²) in [7, 11) is 0. The van der Waals surface area contributed by atoms with Crippen molar-refractivity contribution in [1.82, 2.24) is 9.78 Å². The van der Waals surface area contributed by atoms with Gasteiger partial charge in [-0.25, -0.2) is 4.68 Å². The Balaban J connectivity index is 2.50. The maximum atomic E-state index is 4.54. The van der Waals surface area contributed by atoms with Crippen LogP contribution in [0.15, 0.2) is 30.5 Å². The van der Waals surface area contributed by atoms with Crippen molar-refractivity contribution in [3.63, 3.8) is 0 Å². The van der Waals surface area contributed by atoms with E-state index in [0.29, 0.717) is 5.92 Å². The van der Waals surface area contributed by atoms with Gasteiger partial charge in [0.2, 0.25) is 0 Å². The second-order valence-electron chi connectivity index (χ2n) is 5.20. The standard InChI is InChI=1S/C16H22N2/c1-5-6-14-7-8-15(12(2)3)16(11-14)18-10-9-13(4)17-18/h7-12H,5-6H2,1-4H3. The predicted molar refractivity (Wildman–Crippen MR) is 76.4 cm³/mol. The highest BCUT2D eigenvalue weighted by Crippen LogP contribution is 2.24. The number of hydrogen-bond acceptors (Lipinski definition) is 1. The molecule has 1 heterocycles. The van der Waals surface area contributed by atoms with Crippen LogP contribution >= 0.6 is 0 Å². The SMILES string of the molecule is CCCc1ccc(C(C)C)c(-n2ccc(C)n2)c1. The average molecular weight is 242 g/mol. The van der Waals surface area contributed by atoms with E-state index in [9.17, 15) is 0 Å². The van der Waals surface area contributed by atoms with Crippen molar-refractivity contribution >= 4 is 0 Å². The fourth-order valence-electron chi connectivity index (χ4n) is 2.27. The van der Waals surface area contributed by atoms with Crippen molar-refractivity contribution < 1.29 is 0 Å². The van der Waals surface area contributed by atoms with E-state index in [-0.39, 0.29) is 0 Å². The van der Waals surface area contributed by atoms with E-state index in [4.69, 9.17) is 0 Å². The van der Waals surface area contributed by atoms with Gasteiger partial charge >= 0.3 is 0 Å². The van der Waals surface area contributed by atoms with Gasteiger partial charge in [-0.2, -0.15) is 5.10 Å². The highest BCUT2D eigenvalue weighted by Gasteiger charge is 2.10. The molecule has 0 radical (unpaired) electrons. The molecule has 0 atom stereocenters. The zero-order valence-corrected chi connectivity index (χ0v) is 11.8. The molecule has 1 aromatic heterocycles. The quantitative estimate of drug-likeness (QED) is 0.783. The average Bonchev–Trinajstić information content (AvgIpc) is 2.76. The van der Waals surface area contributed by atoms with Gasteiger partial charge in [0, 0.05) is 6.20 Å². The summed E-state index contributed by atoms with van der Waals surface area (Å²) < 4.78 is 2.00. The van der Waals surface area contributed by atoms with Crippen LogP contribution in [0.2, 0.25) is 0 Å². The van der Waals surface area contributed by atoms with E-state index < -0.39 is 0 Å². The molecule has 2 heteroatoms. The van der Waals surface area contributed by atoms with Gasteiger partial charge < -0.3 is 0 Å². The van der Waals surface area contributed by atoms with Crippen molar-refractivity contribution in [2.75, 3.05) is 0 Å². The molecule has 2 rings (SSSR count). The number of hydrogen-bond donors (Lipinski definition) is 0. The first-order valence-electron chi connectivity index (χ1n) is 6.77. The van der Waals surface area contributed by atoms with Crippen LogP contribution in [0.3, 0.4) is 0 Å². The summed E-state index contributed by atoms with van der Waals surface area (Å²) in [5, 5.41) is 4.54. The van der Waals surface area contributed by atoms with Gasteiger partial charge in [-0.15, -0.1) is 0 Å². The molecule has 0 unspecified atom stereocenters. The third-order valence-corrected chi connectivity index (χ3v) is 3.22. The molecule has 0 saturated heterocycles.